The Balaban J connectivity index is 2.75. The van der Waals surface area contributed by atoms with E-state index in [-0.39, 0.29) is 12.0 Å². The Hall–Kier alpha value is -0.620. The molecule has 1 aliphatic rings. The molecule has 0 spiro atoms. The van der Waals surface area contributed by atoms with Crippen LogP contribution in [0.1, 0.15) is 19.8 Å². The van der Waals surface area contributed by atoms with Crippen molar-refractivity contribution in [3.05, 3.63) is 0 Å². The van der Waals surface area contributed by atoms with E-state index >= 15 is 0 Å². The highest BCUT2D eigenvalue weighted by atomic mass is 32.2. The maximum atomic E-state index is 11.8. The lowest BCUT2D eigenvalue weighted by molar-refractivity contribution is -0.137. The van der Waals surface area contributed by atoms with E-state index in [0.29, 0.717) is 12.8 Å². The molecule has 3 unspecified atom stereocenters. The first-order valence-corrected chi connectivity index (χ1v) is 6.64. The molecule has 15 heavy (non-hydrogen) atoms. The SMILES string of the molecule is COC(=O)CS(=O)(=O)C1CCC(N)C1C. The minimum absolute atomic E-state index is 0.0811. The number of nitrogens with two attached hydrogens (primary N) is 1. The summed E-state index contributed by atoms with van der Waals surface area (Å²) in [5.41, 5.74) is 5.75. The number of ether oxygens (including phenoxy) is 1. The van der Waals surface area contributed by atoms with Gasteiger partial charge in [0.05, 0.1) is 12.4 Å². The fourth-order valence-electron chi connectivity index (χ4n) is 2.00. The third-order valence-electron chi connectivity index (χ3n) is 3.05. The van der Waals surface area contributed by atoms with Crippen molar-refractivity contribution in [2.75, 3.05) is 12.9 Å². The highest BCUT2D eigenvalue weighted by Crippen LogP contribution is 2.30. The lowest BCUT2D eigenvalue weighted by Gasteiger charge is -2.17. The van der Waals surface area contributed by atoms with E-state index < -0.39 is 26.8 Å². The van der Waals surface area contributed by atoms with Gasteiger partial charge >= 0.3 is 5.97 Å². The fourth-order valence-corrected chi connectivity index (χ4v) is 4.01. The van der Waals surface area contributed by atoms with E-state index in [1.807, 2.05) is 6.92 Å². The van der Waals surface area contributed by atoms with Crippen LogP contribution in [0.15, 0.2) is 0 Å². The molecule has 1 saturated carbocycles. The summed E-state index contributed by atoms with van der Waals surface area (Å²) in [5.74, 6) is -1.33. The Bertz CT molecular complexity index is 338. The average molecular weight is 235 g/mol. The summed E-state index contributed by atoms with van der Waals surface area (Å²) in [4.78, 5) is 10.9. The second-order valence-corrected chi connectivity index (χ2v) is 6.24. The molecule has 0 aromatic rings. The summed E-state index contributed by atoms with van der Waals surface area (Å²) in [6.07, 6.45) is 1.24. The molecule has 0 aromatic carbocycles. The van der Waals surface area contributed by atoms with Crippen LogP contribution < -0.4 is 5.73 Å². The molecule has 1 aliphatic carbocycles. The summed E-state index contributed by atoms with van der Waals surface area (Å²) in [6.45, 7) is 1.82. The first-order valence-electron chi connectivity index (χ1n) is 4.92. The van der Waals surface area contributed by atoms with Crippen molar-refractivity contribution in [1.29, 1.82) is 0 Å². The van der Waals surface area contributed by atoms with E-state index in [2.05, 4.69) is 4.74 Å². The number of carbonyl (C=O) groups excluding carboxylic acids is 1. The molecule has 0 saturated heterocycles. The number of carbonyl (C=O) groups is 1. The van der Waals surface area contributed by atoms with Crippen LogP contribution in [0.5, 0.6) is 0 Å². The van der Waals surface area contributed by atoms with Crippen molar-refractivity contribution in [3.8, 4) is 0 Å². The zero-order valence-electron chi connectivity index (χ0n) is 8.97. The van der Waals surface area contributed by atoms with Crippen LogP contribution in [0.4, 0.5) is 0 Å². The highest BCUT2D eigenvalue weighted by molar-refractivity contribution is 7.92. The number of hydrogen-bond donors (Lipinski definition) is 1. The van der Waals surface area contributed by atoms with Gasteiger partial charge < -0.3 is 10.5 Å². The molecular formula is C9H17NO4S. The first-order chi connectivity index (χ1) is 6.88. The third-order valence-corrected chi connectivity index (χ3v) is 5.28. The van der Waals surface area contributed by atoms with Crippen molar-refractivity contribution in [1.82, 2.24) is 0 Å². The van der Waals surface area contributed by atoms with Gasteiger partial charge in [0, 0.05) is 6.04 Å². The van der Waals surface area contributed by atoms with Crippen molar-refractivity contribution < 1.29 is 17.9 Å². The van der Waals surface area contributed by atoms with E-state index in [1.54, 1.807) is 0 Å². The van der Waals surface area contributed by atoms with E-state index in [4.69, 9.17) is 5.73 Å². The van der Waals surface area contributed by atoms with Gasteiger partial charge in [-0.2, -0.15) is 0 Å². The smallest absolute Gasteiger partial charge is 0.320 e. The highest BCUT2D eigenvalue weighted by Gasteiger charge is 2.40. The molecule has 5 nitrogen and oxygen atoms in total. The van der Waals surface area contributed by atoms with Crippen molar-refractivity contribution in [2.45, 2.75) is 31.1 Å². The quantitative estimate of drug-likeness (QED) is 0.679. The lowest BCUT2D eigenvalue weighted by atomic mass is 10.1. The molecule has 0 bridgehead atoms. The van der Waals surface area contributed by atoms with Crippen LogP contribution in [0, 0.1) is 5.92 Å². The number of methoxy groups -OCH3 is 1. The van der Waals surface area contributed by atoms with E-state index in [0.717, 1.165) is 0 Å². The molecule has 3 atom stereocenters. The second-order valence-electron chi connectivity index (χ2n) is 4.02. The summed E-state index contributed by atoms with van der Waals surface area (Å²) in [6, 6.07) is -0.0811. The predicted molar refractivity (Wildman–Crippen MR) is 56.0 cm³/mol. The minimum atomic E-state index is -3.41. The van der Waals surface area contributed by atoms with Gasteiger partial charge in [-0.05, 0) is 18.8 Å². The maximum Gasteiger partial charge on any atom is 0.320 e. The Morgan fingerprint density at radius 2 is 2.07 bits per heavy atom. The minimum Gasteiger partial charge on any atom is -0.468 e. The zero-order chi connectivity index (χ0) is 11.6. The lowest BCUT2D eigenvalue weighted by Crippen LogP contribution is -2.35. The van der Waals surface area contributed by atoms with E-state index in [1.165, 1.54) is 7.11 Å². The van der Waals surface area contributed by atoms with Gasteiger partial charge in [-0.15, -0.1) is 0 Å². The van der Waals surface area contributed by atoms with Gasteiger partial charge in [0.1, 0.15) is 5.75 Å². The molecule has 0 amide bonds. The molecular weight excluding hydrogens is 218 g/mol. The van der Waals surface area contributed by atoms with Crippen LogP contribution in [-0.4, -0.2) is 38.5 Å². The largest absolute Gasteiger partial charge is 0.468 e. The molecule has 0 heterocycles. The summed E-state index contributed by atoms with van der Waals surface area (Å²) in [7, 11) is -2.23. The molecule has 2 N–H and O–H groups in total. The Morgan fingerprint density at radius 3 is 2.47 bits per heavy atom. The molecule has 6 heteroatoms. The van der Waals surface area contributed by atoms with Crippen molar-refractivity contribution in [2.24, 2.45) is 11.7 Å². The first kappa shape index (κ1) is 12.4. The van der Waals surface area contributed by atoms with Crippen LogP contribution in [0.3, 0.4) is 0 Å². The summed E-state index contributed by atoms with van der Waals surface area (Å²) < 4.78 is 28.0. The standard InChI is InChI=1S/C9H17NO4S/c1-6-7(10)3-4-8(6)15(12,13)5-9(11)14-2/h6-8H,3-5,10H2,1-2H3. The Labute approximate surface area is 89.9 Å². The average Bonchev–Trinajstić information content (AvgIpc) is 2.47. The molecule has 1 fully saturated rings. The van der Waals surface area contributed by atoms with Crippen LogP contribution >= 0.6 is 0 Å². The molecule has 0 aromatic heterocycles. The van der Waals surface area contributed by atoms with Gasteiger partial charge in [-0.25, -0.2) is 8.42 Å². The van der Waals surface area contributed by atoms with Gasteiger partial charge in [0.25, 0.3) is 0 Å². The molecule has 0 aliphatic heterocycles. The van der Waals surface area contributed by atoms with Crippen molar-refractivity contribution in [3.63, 3.8) is 0 Å². The zero-order valence-corrected chi connectivity index (χ0v) is 9.79. The van der Waals surface area contributed by atoms with E-state index in [9.17, 15) is 13.2 Å². The van der Waals surface area contributed by atoms with Crippen LogP contribution in [0.25, 0.3) is 0 Å². The van der Waals surface area contributed by atoms with Gasteiger partial charge in [0.2, 0.25) is 0 Å². The number of hydrogen-bond acceptors (Lipinski definition) is 5. The Morgan fingerprint density at radius 1 is 1.47 bits per heavy atom. The van der Waals surface area contributed by atoms with Crippen molar-refractivity contribution >= 4 is 15.8 Å². The summed E-state index contributed by atoms with van der Waals surface area (Å²) >= 11 is 0. The summed E-state index contributed by atoms with van der Waals surface area (Å²) in [5, 5.41) is -0.494. The Kier molecular flexibility index (Phi) is 3.72. The number of rotatable bonds is 3. The maximum absolute atomic E-state index is 11.8. The second kappa shape index (κ2) is 4.49. The van der Waals surface area contributed by atoms with Crippen LogP contribution in [0.2, 0.25) is 0 Å². The molecule has 0 radical (unpaired) electrons. The number of esters is 1. The number of sulfone groups is 1. The topological polar surface area (TPSA) is 86.5 Å². The normalized spacial score (nSPS) is 31.5. The molecule has 88 valence electrons. The fraction of sp³-hybridized carbons (Fsp3) is 0.889. The molecule has 1 rings (SSSR count). The monoisotopic (exact) mass is 235 g/mol. The van der Waals surface area contributed by atoms with Gasteiger partial charge in [-0.1, -0.05) is 6.92 Å². The van der Waals surface area contributed by atoms with Gasteiger partial charge in [-0.3, -0.25) is 4.79 Å². The van der Waals surface area contributed by atoms with Gasteiger partial charge in [0.15, 0.2) is 9.84 Å². The third kappa shape index (κ3) is 2.69. The van der Waals surface area contributed by atoms with Crippen LogP contribution in [-0.2, 0) is 19.4 Å². The predicted octanol–water partition coefficient (Wildman–Crippen LogP) is -0.300.